The summed E-state index contributed by atoms with van der Waals surface area (Å²) in [5, 5.41) is 10.6. The second-order valence-corrected chi connectivity index (χ2v) is 5.38. The molecule has 2 heteroatoms. The number of benzene rings is 2. The Morgan fingerprint density at radius 1 is 1.00 bits per heavy atom. The Bertz CT molecular complexity index is 755. The molecule has 0 aliphatic rings. The molecule has 0 aliphatic heterocycles. The summed E-state index contributed by atoms with van der Waals surface area (Å²) < 4.78 is 2.21. The molecule has 0 aliphatic carbocycles. The topological polar surface area (TPSA) is 25.2 Å². The predicted molar refractivity (Wildman–Crippen MR) is 82.9 cm³/mol. The fourth-order valence-corrected chi connectivity index (χ4v) is 2.68. The van der Waals surface area contributed by atoms with Gasteiger partial charge in [0.25, 0.3) is 0 Å². The van der Waals surface area contributed by atoms with Crippen LogP contribution in [0.4, 0.5) is 0 Å². The SMILES string of the molecule is Cc1ccc(Cn2cc(CO)c3ccccc32)cc1C. The van der Waals surface area contributed by atoms with Crippen molar-refractivity contribution in [1.29, 1.82) is 0 Å². The highest BCUT2D eigenvalue weighted by molar-refractivity contribution is 5.83. The molecule has 0 unspecified atom stereocenters. The van der Waals surface area contributed by atoms with Crippen molar-refractivity contribution < 1.29 is 5.11 Å². The summed E-state index contributed by atoms with van der Waals surface area (Å²) in [6.45, 7) is 5.20. The molecule has 3 rings (SSSR count). The molecule has 2 nitrogen and oxygen atoms in total. The average Bonchev–Trinajstić information content (AvgIpc) is 2.81. The minimum Gasteiger partial charge on any atom is -0.392 e. The first-order valence-electron chi connectivity index (χ1n) is 6.93. The van der Waals surface area contributed by atoms with Crippen molar-refractivity contribution in [2.45, 2.75) is 27.0 Å². The van der Waals surface area contributed by atoms with Crippen LogP contribution < -0.4 is 0 Å². The van der Waals surface area contributed by atoms with Gasteiger partial charge in [0.05, 0.1) is 6.61 Å². The number of hydrogen-bond donors (Lipinski definition) is 1. The van der Waals surface area contributed by atoms with E-state index >= 15 is 0 Å². The Morgan fingerprint density at radius 3 is 2.55 bits per heavy atom. The number of aryl methyl sites for hydroxylation is 2. The van der Waals surface area contributed by atoms with Gasteiger partial charge in [-0.25, -0.2) is 0 Å². The van der Waals surface area contributed by atoms with E-state index in [1.165, 1.54) is 22.2 Å². The summed E-state index contributed by atoms with van der Waals surface area (Å²) in [5.74, 6) is 0. The van der Waals surface area contributed by atoms with Crippen LogP contribution in [0.2, 0.25) is 0 Å². The Morgan fingerprint density at radius 2 is 1.80 bits per heavy atom. The van der Waals surface area contributed by atoms with Crippen LogP contribution in [-0.4, -0.2) is 9.67 Å². The quantitative estimate of drug-likeness (QED) is 0.765. The van der Waals surface area contributed by atoms with Crippen molar-refractivity contribution in [2.24, 2.45) is 0 Å². The molecule has 3 aromatic rings. The maximum Gasteiger partial charge on any atom is 0.0702 e. The van der Waals surface area contributed by atoms with Crippen LogP contribution in [0.25, 0.3) is 10.9 Å². The maximum absolute atomic E-state index is 9.48. The molecule has 0 atom stereocenters. The van der Waals surface area contributed by atoms with Gasteiger partial charge in [0.1, 0.15) is 0 Å². The largest absolute Gasteiger partial charge is 0.392 e. The van der Waals surface area contributed by atoms with Crippen LogP contribution in [0.1, 0.15) is 22.3 Å². The fourth-order valence-electron chi connectivity index (χ4n) is 2.68. The van der Waals surface area contributed by atoms with Crippen LogP contribution in [0, 0.1) is 13.8 Å². The van der Waals surface area contributed by atoms with E-state index < -0.39 is 0 Å². The molecule has 0 radical (unpaired) electrons. The molecule has 0 spiro atoms. The predicted octanol–water partition coefficient (Wildman–Crippen LogP) is 3.80. The number of rotatable bonds is 3. The molecule has 0 bridgehead atoms. The summed E-state index contributed by atoms with van der Waals surface area (Å²) in [6, 6.07) is 14.8. The van der Waals surface area contributed by atoms with Crippen molar-refractivity contribution >= 4 is 10.9 Å². The zero-order chi connectivity index (χ0) is 14.1. The zero-order valence-corrected chi connectivity index (χ0v) is 11.9. The Hall–Kier alpha value is -2.06. The minimum absolute atomic E-state index is 0.0838. The van der Waals surface area contributed by atoms with Gasteiger partial charge >= 0.3 is 0 Å². The Labute approximate surface area is 119 Å². The first-order chi connectivity index (χ1) is 9.69. The van der Waals surface area contributed by atoms with Crippen molar-refractivity contribution in [3.05, 3.63) is 70.9 Å². The second kappa shape index (κ2) is 5.14. The van der Waals surface area contributed by atoms with E-state index in [4.69, 9.17) is 0 Å². The summed E-state index contributed by atoms with van der Waals surface area (Å²) in [5.41, 5.74) is 6.10. The van der Waals surface area contributed by atoms with E-state index in [0.29, 0.717) is 0 Å². The van der Waals surface area contributed by atoms with Crippen LogP contribution in [0.15, 0.2) is 48.7 Å². The number of aromatic nitrogens is 1. The number of aliphatic hydroxyl groups is 1. The van der Waals surface area contributed by atoms with Gasteiger partial charge in [-0.3, -0.25) is 0 Å². The third kappa shape index (κ3) is 2.23. The number of nitrogens with zero attached hydrogens (tertiary/aromatic N) is 1. The number of fused-ring (bicyclic) bond motifs is 1. The van der Waals surface area contributed by atoms with Crippen molar-refractivity contribution in [2.75, 3.05) is 0 Å². The van der Waals surface area contributed by atoms with Crippen molar-refractivity contribution in [1.82, 2.24) is 4.57 Å². The summed E-state index contributed by atoms with van der Waals surface area (Å²) in [7, 11) is 0. The highest BCUT2D eigenvalue weighted by Crippen LogP contribution is 2.22. The first-order valence-corrected chi connectivity index (χ1v) is 6.93. The second-order valence-electron chi connectivity index (χ2n) is 5.38. The van der Waals surface area contributed by atoms with Gasteiger partial charge in [0.2, 0.25) is 0 Å². The molecule has 1 aromatic heterocycles. The summed E-state index contributed by atoms with van der Waals surface area (Å²) in [4.78, 5) is 0. The highest BCUT2D eigenvalue weighted by atomic mass is 16.3. The van der Waals surface area contributed by atoms with Gasteiger partial charge < -0.3 is 9.67 Å². The lowest BCUT2D eigenvalue weighted by Crippen LogP contribution is -1.98. The van der Waals surface area contributed by atoms with E-state index in [-0.39, 0.29) is 6.61 Å². The molecule has 0 fully saturated rings. The van der Waals surface area contributed by atoms with Crippen LogP contribution in [0.3, 0.4) is 0 Å². The van der Waals surface area contributed by atoms with Crippen molar-refractivity contribution in [3.8, 4) is 0 Å². The van der Waals surface area contributed by atoms with E-state index in [9.17, 15) is 5.11 Å². The number of hydrogen-bond acceptors (Lipinski definition) is 1. The van der Waals surface area contributed by atoms with E-state index in [2.05, 4.69) is 54.9 Å². The smallest absolute Gasteiger partial charge is 0.0702 e. The van der Waals surface area contributed by atoms with Crippen LogP contribution in [0.5, 0.6) is 0 Å². The van der Waals surface area contributed by atoms with Gasteiger partial charge in [0, 0.05) is 29.2 Å². The van der Waals surface area contributed by atoms with Gasteiger partial charge in [-0.05, 0) is 36.6 Å². The number of para-hydroxylation sites is 1. The van der Waals surface area contributed by atoms with Crippen LogP contribution >= 0.6 is 0 Å². The summed E-state index contributed by atoms with van der Waals surface area (Å²) >= 11 is 0. The minimum atomic E-state index is 0.0838. The molecule has 0 saturated carbocycles. The standard InChI is InChI=1S/C18H19NO/c1-13-7-8-15(9-14(13)2)10-19-11-16(12-20)17-5-3-4-6-18(17)19/h3-9,11,20H,10,12H2,1-2H3. The highest BCUT2D eigenvalue weighted by Gasteiger charge is 2.07. The lowest BCUT2D eigenvalue weighted by Gasteiger charge is -2.08. The third-order valence-electron chi connectivity index (χ3n) is 3.97. The average molecular weight is 265 g/mol. The molecular formula is C18H19NO. The normalized spacial score (nSPS) is 11.2. The molecule has 0 amide bonds. The molecule has 0 saturated heterocycles. The van der Waals surface area contributed by atoms with E-state index in [1.807, 2.05) is 12.1 Å². The first kappa shape index (κ1) is 12.9. The lowest BCUT2D eigenvalue weighted by atomic mass is 10.1. The third-order valence-corrected chi connectivity index (χ3v) is 3.97. The monoisotopic (exact) mass is 265 g/mol. The molecular weight excluding hydrogens is 246 g/mol. The van der Waals surface area contributed by atoms with Gasteiger partial charge in [-0.1, -0.05) is 36.4 Å². The van der Waals surface area contributed by atoms with Gasteiger partial charge in [-0.2, -0.15) is 0 Å². The van der Waals surface area contributed by atoms with Crippen LogP contribution in [-0.2, 0) is 13.2 Å². The van der Waals surface area contributed by atoms with Gasteiger partial charge in [0.15, 0.2) is 0 Å². The van der Waals surface area contributed by atoms with E-state index in [1.54, 1.807) is 0 Å². The summed E-state index contributed by atoms with van der Waals surface area (Å²) in [6.07, 6.45) is 2.06. The van der Waals surface area contributed by atoms with E-state index in [0.717, 1.165) is 17.5 Å². The Balaban J connectivity index is 2.04. The number of aliphatic hydroxyl groups excluding tert-OH is 1. The molecule has 102 valence electrons. The molecule has 2 aromatic carbocycles. The molecule has 1 N–H and O–H groups in total. The molecule has 20 heavy (non-hydrogen) atoms. The van der Waals surface area contributed by atoms with Crippen molar-refractivity contribution in [3.63, 3.8) is 0 Å². The lowest BCUT2D eigenvalue weighted by molar-refractivity contribution is 0.283. The molecule has 1 heterocycles. The maximum atomic E-state index is 9.48. The Kier molecular flexibility index (Phi) is 3.33. The zero-order valence-electron chi connectivity index (χ0n) is 11.9. The van der Waals surface area contributed by atoms with Gasteiger partial charge in [-0.15, -0.1) is 0 Å². The fraction of sp³-hybridized carbons (Fsp3) is 0.222.